The molecule has 3 aromatic rings. The summed E-state index contributed by atoms with van der Waals surface area (Å²) in [6.07, 6.45) is 2.03. The molecule has 1 aromatic heterocycles. The van der Waals surface area contributed by atoms with Gasteiger partial charge in [0.2, 0.25) is 5.95 Å². The summed E-state index contributed by atoms with van der Waals surface area (Å²) in [6, 6.07) is 15.7. The lowest BCUT2D eigenvalue weighted by Crippen LogP contribution is -2.29. The van der Waals surface area contributed by atoms with Crippen molar-refractivity contribution < 1.29 is 4.74 Å². The third-order valence-corrected chi connectivity index (χ3v) is 4.50. The van der Waals surface area contributed by atoms with Gasteiger partial charge in [0.15, 0.2) is 0 Å². The molecular formula is C19H19N3O2. The van der Waals surface area contributed by atoms with Crippen molar-refractivity contribution in [2.75, 3.05) is 12.3 Å². The van der Waals surface area contributed by atoms with Crippen LogP contribution in [0.3, 0.4) is 0 Å². The molecular weight excluding hydrogens is 302 g/mol. The lowest BCUT2D eigenvalue weighted by molar-refractivity contribution is 0.0966. The number of aromatic nitrogens is 2. The fraction of sp³-hybridized carbons (Fsp3) is 0.263. The zero-order valence-electron chi connectivity index (χ0n) is 13.3. The Labute approximate surface area is 139 Å². The maximum Gasteiger partial charge on any atom is 0.262 e. The average Bonchev–Trinajstić information content (AvgIpc) is 3.12. The maximum atomic E-state index is 12.8. The van der Waals surface area contributed by atoms with Crippen LogP contribution in [0.15, 0.2) is 53.3 Å². The number of benzene rings is 2. The summed E-state index contributed by atoms with van der Waals surface area (Å²) in [7, 11) is 0. The van der Waals surface area contributed by atoms with Crippen molar-refractivity contribution in [1.82, 2.24) is 9.55 Å². The van der Waals surface area contributed by atoms with Crippen LogP contribution in [-0.4, -0.2) is 22.3 Å². The number of nitrogen functional groups attached to an aromatic ring is 1. The van der Waals surface area contributed by atoms with Gasteiger partial charge in [0.05, 0.1) is 23.6 Å². The van der Waals surface area contributed by atoms with Gasteiger partial charge < -0.3 is 10.5 Å². The summed E-state index contributed by atoms with van der Waals surface area (Å²) in [4.78, 5) is 17.2. The molecule has 1 aliphatic rings. The second-order valence-corrected chi connectivity index (χ2v) is 6.12. The number of anilines is 1. The highest BCUT2D eigenvalue weighted by molar-refractivity contribution is 5.84. The first kappa shape index (κ1) is 14.9. The molecule has 1 atom stereocenters. The van der Waals surface area contributed by atoms with Crippen molar-refractivity contribution in [3.63, 3.8) is 0 Å². The van der Waals surface area contributed by atoms with Crippen molar-refractivity contribution in [1.29, 1.82) is 0 Å². The largest absolute Gasteiger partial charge is 0.376 e. The van der Waals surface area contributed by atoms with Gasteiger partial charge >= 0.3 is 0 Å². The number of hydrogen-bond acceptors (Lipinski definition) is 4. The Bertz CT molecular complexity index is 928. The minimum absolute atomic E-state index is 0.0489. The van der Waals surface area contributed by atoms with Crippen LogP contribution in [-0.2, 0) is 11.3 Å². The molecule has 122 valence electrons. The third-order valence-electron chi connectivity index (χ3n) is 4.50. The highest BCUT2D eigenvalue weighted by Gasteiger charge is 2.19. The van der Waals surface area contributed by atoms with Crippen LogP contribution in [0.1, 0.15) is 12.8 Å². The van der Waals surface area contributed by atoms with E-state index in [0.29, 0.717) is 17.4 Å². The summed E-state index contributed by atoms with van der Waals surface area (Å²) in [6.45, 7) is 1.22. The smallest absolute Gasteiger partial charge is 0.262 e. The number of hydrogen-bond donors (Lipinski definition) is 1. The van der Waals surface area contributed by atoms with E-state index >= 15 is 0 Å². The van der Waals surface area contributed by atoms with Crippen LogP contribution >= 0.6 is 0 Å². The average molecular weight is 321 g/mol. The van der Waals surface area contributed by atoms with Crippen molar-refractivity contribution in [3.8, 4) is 11.1 Å². The summed E-state index contributed by atoms with van der Waals surface area (Å²) < 4.78 is 7.14. The SMILES string of the molecule is Nc1nc2cc(-c3ccccc3)ccc2c(=O)n1CC1CCCO1. The maximum absolute atomic E-state index is 12.8. The Kier molecular flexibility index (Phi) is 3.78. The lowest BCUT2D eigenvalue weighted by atomic mass is 10.0. The third kappa shape index (κ3) is 2.67. The van der Waals surface area contributed by atoms with Crippen LogP contribution < -0.4 is 11.3 Å². The Morgan fingerprint density at radius 1 is 1.17 bits per heavy atom. The van der Waals surface area contributed by atoms with Crippen molar-refractivity contribution in [3.05, 3.63) is 58.9 Å². The molecule has 1 unspecified atom stereocenters. The fourth-order valence-corrected chi connectivity index (χ4v) is 3.22. The molecule has 5 nitrogen and oxygen atoms in total. The monoisotopic (exact) mass is 321 g/mol. The lowest BCUT2D eigenvalue weighted by Gasteiger charge is -2.14. The van der Waals surface area contributed by atoms with Crippen LogP contribution in [0.4, 0.5) is 5.95 Å². The fourth-order valence-electron chi connectivity index (χ4n) is 3.22. The van der Waals surface area contributed by atoms with Gasteiger partial charge in [-0.1, -0.05) is 36.4 Å². The minimum Gasteiger partial charge on any atom is -0.376 e. The predicted octanol–water partition coefficient (Wildman–Crippen LogP) is 2.82. The summed E-state index contributed by atoms with van der Waals surface area (Å²) in [5.41, 5.74) is 8.68. The summed E-state index contributed by atoms with van der Waals surface area (Å²) in [5.74, 6) is 0.244. The summed E-state index contributed by atoms with van der Waals surface area (Å²) >= 11 is 0. The Morgan fingerprint density at radius 3 is 2.75 bits per heavy atom. The zero-order valence-corrected chi connectivity index (χ0v) is 13.3. The second kappa shape index (κ2) is 6.09. The molecule has 0 saturated carbocycles. The first-order valence-electron chi connectivity index (χ1n) is 8.19. The Morgan fingerprint density at radius 2 is 2.00 bits per heavy atom. The van der Waals surface area contributed by atoms with Crippen molar-refractivity contribution in [2.24, 2.45) is 0 Å². The van der Waals surface area contributed by atoms with Crippen LogP contribution in [0.25, 0.3) is 22.0 Å². The van der Waals surface area contributed by atoms with Gasteiger partial charge in [0, 0.05) is 6.61 Å². The Hall–Kier alpha value is -2.66. The topological polar surface area (TPSA) is 70.1 Å². The highest BCUT2D eigenvalue weighted by Crippen LogP contribution is 2.23. The van der Waals surface area contributed by atoms with E-state index in [9.17, 15) is 4.79 Å². The van der Waals surface area contributed by atoms with Gasteiger partial charge in [-0.25, -0.2) is 4.98 Å². The quantitative estimate of drug-likeness (QED) is 0.805. The molecule has 2 N–H and O–H groups in total. The van der Waals surface area contributed by atoms with Gasteiger partial charge in [0.25, 0.3) is 5.56 Å². The van der Waals surface area contributed by atoms with E-state index in [1.54, 1.807) is 0 Å². The Balaban J connectivity index is 1.78. The molecule has 1 fully saturated rings. The van der Waals surface area contributed by atoms with Crippen molar-refractivity contribution >= 4 is 16.9 Å². The molecule has 0 radical (unpaired) electrons. The van der Waals surface area contributed by atoms with E-state index in [0.717, 1.165) is 30.6 Å². The van der Waals surface area contributed by atoms with Gasteiger partial charge in [-0.2, -0.15) is 0 Å². The highest BCUT2D eigenvalue weighted by atomic mass is 16.5. The molecule has 2 aromatic carbocycles. The van der Waals surface area contributed by atoms with Crippen LogP contribution in [0.2, 0.25) is 0 Å². The summed E-state index contributed by atoms with van der Waals surface area (Å²) in [5, 5.41) is 0.585. The molecule has 0 amide bonds. The molecule has 0 spiro atoms. The molecule has 0 bridgehead atoms. The molecule has 4 rings (SSSR count). The van der Waals surface area contributed by atoms with E-state index in [4.69, 9.17) is 10.5 Å². The minimum atomic E-state index is -0.104. The van der Waals surface area contributed by atoms with Gasteiger partial charge in [-0.05, 0) is 36.1 Å². The normalized spacial score (nSPS) is 17.4. The van der Waals surface area contributed by atoms with Gasteiger partial charge in [-0.3, -0.25) is 9.36 Å². The van der Waals surface area contributed by atoms with E-state index < -0.39 is 0 Å². The molecule has 5 heteroatoms. The molecule has 2 heterocycles. The van der Waals surface area contributed by atoms with Crippen LogP contribution in [0, 0.1) is 0 Å². The molecule has 1 saturated heterocycles. The first-order valence-corrected chi connectivity index (χ1v) is 8.19. The standard InChI is InChI=1S/C19H19N3O2/c20-19-21-17-11-14(13-5-2-1-3-6-13)8-9-16(17)18(23)22(19)12-15-7-4-10-24-15/h1-3,5-6,8-9,11,15H,4,7,10,12H2,(H2,20,21). The number of fused-ring (bicyclic) bond motifs is 1. The second-order valence-electron chi connectivity index (χ2n) is 6.12. The van der Waals surface area contributed by atoms with E-state index in [-0.39, 0.29) is 17.6 Å². The number of nitrogens with two attached hydrogens (primary N) is 1. The molecule has 24 heavy (non-hydrogen) atoms. The van der Waals surface area contributed by atoms with E-state index in [1.165, 1.54) is 4.57 Å². The number of rotatable bonds is 3. The number of nitrogens with zero attached hydrogens (tertiary/aromatic N) is 2. The van der Waals surface area contributed by atoms with Crippen LogP contribution in [0.5, 0.6) is 0 Å². The first-order chi connectivity index (χ1) is 11.7. The van der Waals surface area contributed by atoms with Crippen molar-refractivity contribution in [2.45, 2.75) is 25.5 Å². The van der Waals surface area contributed by atoms with Gasteiger partial charge in [0.1, 0.15) is 0 Å². The molecule has 1 aliphatic heterocycles. The zero-order chi connectivity index (χ0) is 16.5. The van der Waals surface area contributed by atoms with E-state index in [1.807, 2.05) is 48.5 Å². The number of ether oxygens (including phenoxy) is 1. The molecule has 0 aliphatic carbocycles. The van der Waals surface area contributed by atoms with Gasteiger partial charge in [-0.15, -0.1) is 0 Å². The predicted molar refractivity (Wildman–Crippen MR) is 94.8 cm³/mol. The van der Waals surface area contributed by atoms with E-state index in [2.05, 4.69) is 4.98 Å².